The largest absolute Gasteiger partial charge is 0.508 e. The summed E-state index contributed by atoms with van der Waals surface area (Å²) >= 11 is 0. The Labute approximate surface area is 258 Å². The van der Waals surface area contributed by atoms with E-state index in [1.807, 2.05) is 0 Å². The average Bonchev–Trinajstić information content (AvgIpc) is 3.56. The average molecular weight is 618 g/mol. The SMILES string of the molecule is CN(C)[C@@H]1C(=O)C(C(N)=O)=C(O)[C@@]2(O)C(=O)C3=C(O)c4c(O)ccc(-c5ccc(NC(=O)c6ccno6)cc5)c4C[C@H]3C[C@@H]12.[2H]C. The van der Waals surface area contributed by atoms with E-state index in [1.165, 1.54) is 30.6 Å². The molecule has 0 spiro atoms. The number of hydrogen-bond donors (Lipinski definition) is 6. The lowest BCUT2D eigenvalue weighted by Crippen LogP contribution is -2.65. The predicted molar refractivity (Wildman–Crippen MR) is 161 cm³/mol. The van der Waals surface area contributed by atoms with Crippen molar-refractivity contribution in [2.45, 2.75) is 31.9 Å². The minimum absolute atomic E-state index is 0.0125. The summed E-state index contributed by atoms with van der Waals surface area (Å²) in [6.07, 6.45) is 1.47. The van der Waals surface area contributed by atoms with Crippen molar-refractivity contribution in [2.75, 3.05) is 19.4 Å². The molecule has 0 radical (unpaired) electrons. The number of nitrogens with two attached hydrogens (primary N) is 1. The summed E-state index contributed by atoms with van der Waals surface area (Å²) < 4.78 is 10.6. The third-order valence-electron chi connectivity index (χ3n) is 8.72. The Morgan fingerprint density at radius 1 is 1.11 bits per heavy atom. The first kappa shape index (κ1) is 29.8. The fourth-order valence-corrected chi connectivity index (χ4v) is 6.77. The number of Topliss-reactive ketones (excluding diaryl/α,β-unsaturated/α-hetero) is 2. The molecule has 1 fully saturated rings. The van der Waals surface area contributed by atoms with Gasteiger partial charge in [0.2, 0.25) is 11.5 Å². The highest BCUT2D eigenvalue weighted by atomic mass is 16.5. The van der Waals surface area contributed by atoms with Crippen LogP contribution in [0.25, 0.3) is 16.9 Å². The van der Waals surface area contributed by atoms with Crippen LogP contribution in [-0.2, 0) is 20.8 Å². The van der Waals surface area contributed by atoms with Crippen LogP contribution in [0.3, 0.4) is 0 Å². The van der Waals surface area contributed by atoms with Crippen LogP contribution >= 0.6 is 0 Å². The van der Waals surface area contributed by atoms with Crippen molar-refractivity contribution in [1.29, 1.82) is 0 Å². The molecular formula is C32H32N4O9. The number of nitrogens with one attached hydrogen (secondary N) is 1. The van der Waals surface area contributed by atoms with Gasteiger partial charge in [0.1, 0.15) is 22.8 Å². The molecule has 13 nitrogen and oxygen atoms in total. The van der Waals surface area contributed by atoms with Crippen LogP contribution in [0.15, 0.2) is 70.1 Å². The number of phenolic OH excluding ortho intramolecular Hbond substituents is 1. The topological polar surface area (TPSA) is 217 Å². The van der Waals surface area contributed by atoms with Crippen LogP contribution in [0, 0.1) is 11.8 Å². The number of carbonyl (C=O) groups excluding carboxylic acids is 4. The minimum atomic E-state index is -2.70. The summed E-state index contributed by atoms with van der Waals surface area (Å²) in [6.45, 7) is 0. The summed E-state index contributed by atoms with van der Waals surface area (Å²) in [6, 6.07) is 10.1. The van der Waals surface area contributed by atoms with Crippen LogP contribution in [0.5, 0.6) is 5.75 Å². The van der Waals surface area contributed by atoms with Gasteiger partial charge in [0.15, 0.2) is 11.4 Å². The summed E-state index contributed by atoms with van der Waals surface area (Å²) in [5, 5.41) is 51.2. The van der Waals surface area contributed by atoms with E-state index in [1.54, 1.807) is 44.4 Å². The molecule has 234 valence electrons. The number of anilines is 1. The highest BCUT2D eigenvalue weighted by Crippen LogP contribution is 2.53. The first-order chi connectivity index (χ1) is 21.9. The van der Waals surface area contributed by atoms with Crippen molar-refractivity contribution in [2.24, 2.45) is 17.6 Å². The number of amides is 2. The lowest BCUT2D eigenvalue weighted by atomic mass is 9.57. The van der Waals surface area contributed by atoms with Crippen molar-refractivity contribution in [3.8, 4) is 16.9 Å². The van der Waals surface area contributed by atoms with Gasteiger partial charge in [-0.1, -0.05) is 30.8 Å². The standard InChI is InChI=1S/C31H28N4O9.CH4/c1-35(2)24-18-12-14-11-17-16(13-3-5-15(6-4-13)34-30(42)20-9-10-33-44-20)7-8-19(36)22(17)25(37)21(14)27(39)31(18,43)28(40)23(26(24)38)29(32)41;/h3-10,14,18,24,36-37,40,43H,11-12H2,1-2H3,(H2,32,41)(H,34,42);1H4/t14-,18-,24-,31-;/m0./s1/i;1D. The monoisotopic (exact) mass is 617 g/mol. The number of rotatable bonds is 5. The maximum absolute atomic E-state index is 14.0. The van der Waals surface area contributed by atoms with Crippen molar-refractivity contribution in [1.82, 2.24) is 10.1 Å². The molecule has 13 heteroatoms. The molecule has 3 aliphatic carbocycles. The first-order valence-electron chi connectivity index (χ1n) is 14.7. The lowest BCUT2D eigenvalue weighted by molar-refractivity contribution is -0.153. The van der Waals surface area contributed by atoms with Gasteiger partial charge in [0.25, 0.3) is 11.8 Å². The second-order valence-electron chi connectivity index (χ2n) is 11.4. The number of ketones is 2. The van der Waals surface area contributed by atoms with Gasteiger partial charge in [0.05, 0.1) is 17.8 Å². The molecule has 0 unspecified atom stereocenters. The van der Waals surface area contributed by atoms with E-state index in [2.05, 4.69) is 10.5 Å². The molecule has 0 saturated heterocycles. The van der Waals surface area contributed by atoms with E-state index in [-0.39, 0.29) is 35.5 Å². The zero-order valence-electron chi connectivity index (χ0n) is 25.6. The van der Waals surface area contributed by atoms with Gasteiger partial charge in [-0.2, -0.15) is 0 Å². The maximum Gasteiger partial charge on any atom is 0.294 e. The third kappa shape index (κ3) is 4.59. The molecule has 4 atom stereocenters. The van der Waals surface area contributed by atoms with E-state index >= 15 is 0 Å². The smallest absolute Gasteiger partial charge is 0.294 e. The van der Waals surface area contributed by atoms with Crippen LogP contribution in [0.1, 0.15) is 36.9 Å². The number of primary amides is 1. The van der Waals surface area contributed by atoms with Gasteiger partial charge in [-0.05, 0) is 67.7 Å². The second kappa shape index (κ2) is 11.0. The van der Waals surface area contributed by atoms with Gasteiger partial charge >= 0.3 is 0 Å². The number of phenols is 1. The van der Waals surface area contributed by atoms with Crippen LogP contribution in [0.2, 0.25) is 0 Å². The number of aliphatic hydroxyl groups is 3. The number of hydrogen-bond acceptors (Lipinski definition) is 11. The molecule has 1 heterocycles. The van der Waals surface area contributed by atoms with Crippen LogP contribution in [-0.4, -0.2) is 79.6 Å². The van der Waals surface area contributed by atoms with Gasteiger partial charge in [-0.3, -0.25) is 24.1 Å². The quantitative estimate of drug-likeness (QED) is 0.229. The van der Waals surface area contributed by atoms with E-state index in [4.69, 9.17) is 11.6 Å². The summed E-state index contributed by atoms with van der Waals surface area (Å²) in [5.41, 5.74) is 3.87. The minimum Gasteiger partial charge on any atom is -0.508 e. The fourth-order valence-electron chi connectivity index (χ4n) is 6.77. The summed E-state index contributed by atoms with van der Waals surface area (Å²) in [4.78, 5) is 53.2. The first-order valence-corrected chi connectivity index (χ1v) is 13.7. The molecule has 3 aliphatic rings. The molecule has 6 rings (SSSR count). The molecule has 0 bridgehead atoms. The number of aromatic hydroxyl groups is 1. The molecular weight excluding hydrogens is 584 g/mol. The summed E-state index contributed by atoms with van der Waals surface area (Å²) in [5.74, 6) is -7.53. The number of likely N-dealkylation sites (N-methyl/N-ethyl adjacent to an activating group) is 1. The normalized spacial score (nSPS) is 24.2. The Morgan fingerprint density at radius 2 is 1.80 bits per heavy atom. The molecule has 1 saturated carbocycles. The number of benzene rings is 2. The zero-order valence-corrected chi connectivity index (χ0v) is 24.6. The second-order valence-corrected chi connectivity index (χ2v) is 11.4. The Bertz CT molecular complexity index is 1820. The van der Waals surface area contributed by atoms with Gasteiger partial charge in [-0.15, -0.1) is 0 Å². The van der Waals surface area contributed by atoms with Gasteiger partial charge < -0.3 is 36.0 Å². The fraction of sp³-hybridized carbons (Fsp3) is 0.281. The molecule has 45 heavy (non-hydrogen) atoms. The highest BCUT2D eigenvalue weighted by molar-refractivity contribution is 6.24. The van der Waals surface area contributed by atoms with Gasteiger partial charge in [0, 0.05) is 24.6 Å². The number of fused-ring (bicyclic) bond motifs is 3. The van der Waals surface area contributed by atoms with Crippen molar-refractivity contribution < 1.29 is 45.5 Å². The Morgan fingerprint density at radius 3 is 2.40 bits per heavy atom. The molecule has 2 amide bonds. The maximum atomic E-state index is 14.0. The van der Waals surface area contributed by atoms with E-state index in [9.17, 15) is 39.6 Å². The Hall–Kier alpha value is -5.27. The Kier molecular flexibility index (Phi) is 7.29. The van der Waals surface area contributed by atoms with E-state index in [0.29, 0.717) is 22.4 Å². The van der Waals surface area contributed by atoms with E-state index < -0.39 is 64.0 Å². The molecule has 2 aromatic carbocycles. The highest BCUT2D eigenvalue weighted by Gasteiger charge is 2.64. The predicted octanol–water partition coefficient (Wildman–Crippen LogP) is 2.51. The van der Waals surface area contributed by atoms with Crippen LogP contribution < -0.4 is 11.1 Å². The third-order valence-corrected chi connectivity index (χ3v) is 8.72. The van der Waals surface area contributed by atoms with Crippen molar-refractivity contribution in [3.05, 3.63) is 82.5 Å². The van der Waals surface area contributed by atoms with Crippen LogP contribution in [0.4, 0.5) is 5.69 Å². The number of carbonyl (C=O) groups is 4. The molecule has 1 aromatic heterocycles. The van der Waals surface area contributed by atoms with E-state index in [0.717, 1.165) is 0 Å². The number of aliphatic hydroxyl groups excluding tert-OH is 2. The summed E-state index contributed by atoms with van der Waals surface area (Å²) in [7, 11) is 4.34. The van der Waals surface area contributed by atoms with Gasteiger partial charge in [-0.25, -0.2) is 0 Å². The number of nitrogens with zero attached hydrogens (tertiary/aromatic N) is 2. The number of aromatic nitrogens is 1. The molecule has 3 aromatic rings. The Balaban J connectivity index is 0.00000204. The zero-order chi connectivity index (χ0) is 33.7. The lowest BCUT2D eigenvalue weighted by Gasteiger charge is -2.50. The van der Waals surface area contributed by atoms with Crippen molar-refractivity contribution >= 4 is 34.8 Å². The molecule has 0 aliphatic heterocycles. The van der Waals surface area contributed by atoms with Crippen molar-refractivity contribution in [3.63, 3.8) is 0 Å². The molecule has 7 N–H and O–H groups in total.